The first kappa shape index (κ1) is 24.3. The third-order valence-electron chi connectivity index (χ3n) is 5.03. The van der Waals surface area contributed by atoms with Crippen LogP contribution in [-0.4, -0.2) is 12.1 Å². The van der Waals surface area contributed by atoms with Crippen LogP contribution in [0.2, 0.25) is 0 Å². The van der Waals surface area contributed by atoms with E-state index in [4.69, 9.17) is 14.7 Å². The van der Waals surface area contributed by atoms with E-state index < -0.39 is 46.4 Å². The molecule has 0 aliphatic heterocycles. The summed E-state index contributed by atoms with van der Waals surface area (Å²) in [6.45, 7) is 3.63. The van der Waals surface area contributed by atoms with E-state index in [1.807, 2.05) is 6.92 Å². The smallest absolute Gasteiger partial charge is 0.342 e. The van der Waals surface area contributed by atoms with E-state index in [-0.39, 0.29) is 16.9 Å². The number of carbonyl (C=O) groups is 1. The zero-order valence-corrected chi connectivity index (χ0v) is 18.4. The second-order valence-corrected chi connectivity index (χ2v) is 7.40. The van der Waals surface area contributed by atoms with Gasteiger partial charge in [-0.25, -0.2) is 13.6 Å². The van der Waals surface area contributed by atoms with Crippen molar-refractivity contribution in [3.63, 3.8) is 0 Å². The van der Waals surface area contributed by atoms with Crippen LogP contribution < -0.4 is 4.74 Å². The van der Waals surface area contributed by atoms with Crippen LogP contribution in [0.1, 0.15) is 48.2 Å². The number of halogens is 3. The molecule has 0 amide bonds. The van der Waals surface area contributed by atoms with Crippen LogP contribution in [0.3, 0.4) is 0 Å². The van der Waals surface area contributed by atoms with E-state index in [1.165, 1.54) is 18.2 Å². The van der Waals surface area contributed by atoms with Crippen molar-refractivity contribution in [2.45, 2.75) is 32.8 Å². The number of carbonyl (C=O) groups excluding carboxylic acids is 1. The molecule has 3 rings (SSSR count). The van der Waals surface area contributed by atoms with Crippen LogP contribution in [0.15, 0.2) is 48.5 Å². The first-order valence-electron chi connectivity index (χ1n) is 10.4. The molecule has 0 saturated carbocycles. The Bertz CT molecular complexity index is 1310. The van der Waals surface area contributed by atoms with Gasteiger partial charge in [-0.2, -0.15) is 14.9 Å². The lowest BCUT2D eigenvalue weighted by Crippen LogP contribution is -2.16. The largest absolute Gasteiger partial charge is 0.459 e. The standard InChI is InChI=1S/C26H19F3N2O3/c1-3-8-15(2)33-26(32)18-12-7-11-17(16-9-5-4-6-10-16)24(18)34-25-22(28)20(14-31)19(13-30)21(27)23(25)29/h4-7,9-12,15H,3,8H2,1-2H3. The Morgan fingerprint density at radius 1 is 0.912 bits per heavy atom. The first-order valence-corrected chi connectivity index (χ1v) is 10.4. The summed E-state index contributed by atoms with van der Waals surface area (Å²) in [6, 6.07) is 15.6. The van der Waals surface area contributed by atoms with Gasteiger partial charge in [-0.15, -0.1) is 0 Å². The molecule has 0 aromatic heterocycles. The lowest BCUT2D eigenvalue weighted by atomic mass is 10.0. The van der Waals surface area contributed by atoms with Crippen molar-refractivity contribution >= 4 is 5.97 Å². The number of nitriles is 2. The molecule has 0 bridgehead atoms. The molecule has 0 fully saturated rings. The van der Waals surface area contributed by atoms with E-state index in [2.05, 4.69) is 0 Å². The summed E-state index contributed by atoms with van der Waals surface area (Å²) < 4.78 is 55.1. The summed E-state index contributed by atoms with van der Waals surface area (Å²) in [7, 11) is 0. The fourth-order valence-corrected chi connectivity index (χ4v) is 3.40. The molecule has 0 radical (unpaired) electrons. The van der Waals surface area contributed by atoms with E-state index in [1.54, 1.807) is 49.4 Å². The highest BCUT2D eigenvalue weighted by molar-refractivity contribution is 5.96. The molecule has 8 heteroatoms. The van der Waals surface area contributed by atoms with Crippen LogP contribution in [0, 0.1) is 40.1 Å². The van der Waals surface area contributed by atoms with Crippen molar-refractivity contribution in [3.05, 3.63) is 82.7 Å². The van der Waals surface area contributed by atoms with E-state index >= 15 is 4.39 Å². The maximum Gasteiger partial charge on any atom is 0.342 e. The zero-order chi connectivity index (χ0) is 24.8. The molecule has 0 aliphatic carbocycles. The normalized spacial score (nSPS) is 11.3. The molecule has 0 saturated heterocycles. The van der Waals surface area contributed by atoms with Crippen LogP contribution in [0.4, 0.5) is 13.2 Å². The Morgan fingerprint density at radius 2 is 1.56 bits per heavy atom. The maximum absolute atomic E-state index is 15.0. The Morgan fingerprint density at radius 3 is 2.18 bits per heavy atom. The Labute approximate surface area is 194 Å². The number of ether oxygens (including phenoxy) is 2. The molecule has 3 aromatic rings. The van der Waals surface area contributed by atoms with Crippen molar-refractivity contribution in [2.24, 2.45) is 0 Å². The Kier molecular flexibility index (Phi) is 7.55. The lowest BCUT2D eigenvalue weighted by Gasteiger charge is -2.18. The van der Waals surface area contributed by atoms with Gasteiger partial charge in [0.15, 0.2) is 11.6 Å². The summed E-state index contributed by atoms with van der Waals surface area (Å²) in [5.41, 5.74) is -1.40. The SMILES string of the molecule is CCCC(C)OC(=O)c1cccc(-c2ccccc2)c1Oc1c(F)c(F)c(C#N)c(C#N)c1F. The second kappa shape index (κ2) is 10.5. The van der Waals surface area contributed by atoms with Gasteiger partial charge < -0.3 is 9.47 Å². The van der Waals surface area contributed by atoms with Gasteiger partial charge >= 0.3 is 5.97 Å². The molecule has 0 heterocycles. The number of hydrogen-bond donors (Lipinski definition) is 0. The average molecular weight is 464 g/mol. The second-order valence-electron chi connectivity index (χ2n) is 7.40. The van der Waals surface area contributed by atoms with Gasteiger partial charge in [0.2, 0.25) is 11.6 Å². The topological polar surface area (TPSA) is 83.1 Å². The molecule has 0 N–H and O–H groups in total. The van der Waals surface area contributed by atoms with E-state index in [0.717, 1.165) is 6.42 Å². The number of hydrogen-bond acceptors (Lipinski definition) is 5. The average Bonchev–Trinajstić information content (AvgIpc) is 2.84. The van der Waals surface area contributed by atoms with Gasteiger partial charge in [0.25, 0.3) is 0 Å². The van der Waals surface area contributed by atoms with Crippen LogP contribution >= 0.6 is 0 Å². The highest BCUT2D eigenvalue weighted by Crippen LogP contribution is 2.40. The molecule has 1 unspecified atom stereocenters. The molecule has 0 spiro atoms. The molecular weight excluding hydrogens is 445 g/mol. The number of para-hydroxylation sites is 1. The molecule has 5 nitrogen and oxygen atoms in total. The summed E-state index contributed by atoms with van der Waals surface area (Å²) in [6.07, 6.45) is 0.923. The molecule has 1 atom stereocenters. The summed E-state index contributed by atoms with van der Waals surface area (Å²) in [5.74, 6) is -7.41. The third kappa shape index (κ3) is 4.72. The number of benzene rings is 3. The van der Waals surface area contributed by atoms with Gasteiger partial charge in [0, 0.05) is 5.56 Å². The monoisotopic (exact) mass is 464 g/mol. The van der Waals surface area contributed by atoms with E-state index in [9.17, 15) is 18.8 Å². The summed E-state index contributed by atoms with van der Waals surface area (Å²) >= 11 is 0. The summed E-state index contributed by atoms with van der Waals surface area (Å²) in [5, 5.41) is 18.2. The summed E-state index contributed by atoms with van der Waals surface area (Å²) in [4.78, 5) is 12.9. The molecular formula is C26H19F3N2O3. The van der Waals surface area contributed by atoms with Crippen molar-refractivity contribution in [2.75, 3.05) is 0 Å². The maximum atomic E-state index is 15.0. The molecule has 34 heavy (non-hydrogen) atoms. The van der Waals surface area contributed by atoms with Crippen LogP contribution in [0.25, 0.3) is 11.1 Å². The van der Waals surface area contributed by atoms with Crippen LogP contribution in [0.5, 0.6) is 11.5 Å². The minimum Gasteiger partial charge on any atom is -0.459 e. The van der Waals surface area contributed by atoms with Crippen LogP contribution in [-0.2, 0) is 4.74 Å². The van der Waals surface area contributed by atoms with Gasteiger partial charge in [0.05, 0.1) is 6.10 Å². The highest BCUT2D eigenvalue weighted by atomic mass is 19.2. The Hall–Kier alpha value is -4.30. The Balaban J connectivity index is 2.23. The predicted octanol–water partition coefficient (Wildman–Crippen LogP) is 6.65. The quantitative estimate of drug-likeness (QED) is 0.289. The highest BCUT2D eigenvalue weighted by Gasteiger charge is 2.29. The van der Waals surface area contributed by atoms with Gasteiger partial charge in [-0.1, -0.05) is 55.8 Å². The van der Waals surface area contributed by atoms with Crippen molar-refractivity contribution in [3.8, 4) is 34.8 Å². The molecule has 0 aliphatic rings. The number of esters is 1. The number of nitrogens with zero attached hydrogens (tertiary/aromatic N) is 2. The fraction of sp³-hybridized carbons (Fsp3) is 0.192. The van der Waals surface area contributed by atoms with Gasteiger partial charge in [0.1, 0.15) is 34.6 Å². The van der Waals surface area contributed by atoms with Gasteiger partial charge in [-0.3, -0.25) is 0 Å². The lowest BCUT2D eigenvalue weighted by molar-refractivity contribution is 0.0320. The third-order valence-corrected chi connectivity index (χ3v) is 5.03. The van der Waals surface area contributed by atoms with E-state index in [0.29, 0.717) is 12.0 Å². The fourth-order valence-electron chi connectivity index (χ4n) is 3.40. The van der Waals surface area contributed by atoms with Crippen molar-refractivity contribution < 1.29 is 27.4 Å². The minimum atomic E-state index is -1.80. The zero-order valence-electron chi connectivity index (χ0n) is 18.4. The predicted molar refractivity (Wildman–Crippen MR) is 117 cm³/mol. The van der Waals surface area contributed by atoms with Gasteiger partial charge in [-0.05, 0) is 25.0 Å². The molecule has 3 aromatic carbocycles. The molecule has 172 valence electrons. The minimum absolute atomic E-state index is 0.147. The van der Waals surface area contributed by atoms with Crippen molar-refractivity contribution in [1.82, 2.24) is 0 Å². The first-order chi connectivity index (χ1) is 16.3. The number of rotatable bonds is 7. The van der Waals surface area contributed by atoms with Crippen molar-refractivity contribution in [1.29, 1.82) is 10.5 Å².